The van der Waals surface area contributed by atoms with Gasteiger partial charge in [0, 0.05) is 25.0 Å². The highest BCUT2D eigenvalue weighted by Gasteiger charge is 2.33. The first-order chi connectivity index (χ1) is 12.8. The largest absolute Gasteiger partial charge is 0.353 e. The third-order valence-corrected chi connectivity index (χ3v) is 7.95. The van der Waals surface area contributed by atoms with Crippen LogP contribution < -0.4 is 10.6 Å². The van der Waals surface area contributed by atoms with Gasteiger partial charge in [0.25, 0.3) is 0 Å². The van der Waals surface area contributed by atoms with E-state index in [1.807, 2.05) is 19.9 Å². The number of sulfonamides is 1. The summed E-state index contributed by atoms with van der Waals surface area (Å²) in [4.78, 5) is 13.0. The lowest BCUT2D eigenvalue weighted by atomic mass is 9.92. The molecule has 2 atom stereocenters. The second-order valence-corrected chi connectivity index (χ2v) is 9.95. The summed E-state index contributed by atoms with van der Waals surface area (Å²) >= 11 is 0. The van der Waals surface area contributed by atoms with Gasteiger partial charge in [0.05, 0.1) is 4.90 Å². The van der Waals surface area contributed by atoms with E-state index < -0.39 is 10.0 Å². The molecular formula is C20H31N3O3S. The molecule has 0 radical (unpaired) electrons. The second kappa shape index (κ2) is 8.29. The van der Waals surface area contributed by atoms with Crippen LogP contribution in [-0.4, -0.2) is 50.9 Å². The van der Waals surface area contributed by atoms with Gasteiger partial charge >= 0.3 is 0 Å². The number of rotatable bonds is 4. The molecule has 27 heavy (non-hydrogen) atoms. The van der Waals surface area contributed by atoms with Gasteiger partial charge in [-0.1, -0.05) is 13.0 Å². The van der Waals surface area contributed by atoms with Gasteiger partial charge in [0.15, 0.2) is 0 Å². The molecule has 0 aromatic heterocycles. The van der Waals surface area contributed by atoms with Crippen LogP contribution >= 0.6 is 0 Å². The molecule has 3 rings (SSSR count). The zero-order valence-electron chi connectivity index (χ0n) is 16.5. The van der Waals surface area contributed by atoms with Crippen molar-refractivity contribution in [3.8, 4) is 0 Å². The molecule has 0 spiro atoms. The van der Waals surface area contributed by atoms with E-state index in [2.05, 4.69) is 17.6 Å². The zero-order valence-corrected chi connectivity index (χ0v) is 17.3. The Morgan fingerprint density at radius 2 is 1.85 bits per heavy atom. The molecule has 7 heteroatoms. The monoisotopic (exact) mass is 393 g/mol. The zero-order chi connectivity index (χ0) is 19.6. The average Bonchev–Trinajstić information content (AvgIpc) is 2.65. The summed E-state index contributed by atoms with van der Waals surface area (Å²) in [5.74, 6) is 0.406. The maximum atomic E-state index is 12.9. The van der Waals surface area contributed by atoms with Crippen molar-refractivity contribution in [3.05, 3.63) is 29.3 Å². The summed E-state index contributed by atoms with van der Waals surface area (Å²) in [6.07, 6.45) is 2.11. The van der Waals surface area contributed by atoms with Crippen molar-refractivity contribution in [2.45, 2.75) is 51.0 Å². The van der Waals surface area contributed by atoms with Gasteiger partial charge in [-0.25, -0.2) is 8.42 Å². The number of piperidine rings is 2. The highest BCUT2D eigenvalue weighted by atomic mass is 32.2. The molecule has 1 aromatic carbocycles. The molecule has 0 saturated carbocycles. The van der Waals surface area contributed by atoms with E-state index in [0.29, 0.717) is 36.7 Å². The van der Waals surface area contributed by atoms with Crippen molar-refractivity contribution in [2.24, 2.45) is 11.8 Å². The van der Waals surface area contributed by atoms with Crippen molar-refractivity contribution in [2.75, 3.05) is 26.2 Å². The third kappa shape index (κ3) is 4.52. The standard InChI is InChI=1S/C20H31N3O3S/c1-14-4-5-18(12-15(14)2)27(25,26)23-10-7-17(8-11-23)20(24)22-19-6-9-21-13-16(19)3/h4-5,12,16-17,19,21H,6-11,13H2,1-3H3,(H,22,24). The molecule has 150 valence electrons. The van der Waals surface area contributed by atoms with Gasteiger partial charge in [-0.3, -0.25) is 4.79 Å². The Hall–Kier alpha value is -1.44. The predicted octanol–water partition coefficient (Wildman–Crippen LogP) is 1.82. The molecule has 2 aliphatic rings. The van der Waals surface area contributed by atoms with Crippen LogP contribution in [0.2, 0.25) is 0 Å². The lowest BCUT2D eigenvalue weighted by molar-refractivity contribution is -0.127. The van der Waals surface area contributed by atoms with Crippen LogP contribution in [0.3, 0.4) is 0 Å². The van der Waals surface area contributed by atoms with Crippen molar-refractivity contribution in [3.63, 3.8) is 0 Å². The number of carbonyl (C=O) groups excluding carboxylic acids is 1. The SMILES string of the molecule is Cc1ccc(S(=O)(=O)N2CCC(C(=O)NC3CCNCC3C)CC2)cc1C. The molecule has 2 unspecified atom stereocenters. The van der Waals surface area contributed by atoms with Gasteiger partial charge in [0.2, 0.25) is 15.9 Å². The molecule has 1 aromatic rings. The molecule has 2 aliphatic heterocycles. The van der Waals surface area contributed by atoms with Crippen LogP contribution in [0, 0.1) is 25.7 Å². The molecule has 2 saturated heterocycles. The number of aryl methyl sites for hydroxylation is 2. The average molecular weight is 394 g/mol. The number of amides is 1. The van der Waals surface area contributed by atoms with Gasteiger partial charge in [0.1, 0.15) is 0 Å². The molecule has 0 aliphatic carbocycles. The summed E-state index contributed by atoms with van der Waals surface area (Å²) in [6.45, 7) is 8.70. The van der Waals surface area contributed by atoms with Crippen LogP contribution in [0.5, 0.6) is 0 Å². The van der Waals surface area contributed by atoms with E-state index in [0.717, 1.165) is 30.6 Å². The number of benzene rings is 1. The minimum atomic E-state index is -3.49. The molecular weight excluding hydrogens is 362 g/mol. The second-order valence-electron chi connectivity index (χ2n) is 8.01. The highest BCUT2D eigenvalue weighted by Crippen LogP contribution is 2.25. The molecule has 2 N–H and O–H groups in total. The Labute approximate surface area is 162 Å². The number of nitrogens with one attached hydrogen (secondary N) is 2. The highest BCUT2D eigenvalue weighted by molar-refractivity contribution is 7.89. The smallest absolute Gasteiger partial charge is 0.243 e. The van der Waals surface area contributed by atoms with Crippen LogP contribution in [0.15, 0.2) is 23.1 Å². The van der Waals surface area contributed by atoms with Crippen molar-refractivity contribution in [1.29, 1.82) is 0 Å². The lowest BCUT2D eigenvalue weighted by Crippen LogP contribution is -2.51. The van der Waals surface area contributed by atoms with Gasteiger partial charge in [-0.2, -0.15) is 4.31 Å². The Morgan fingerprint density at radius 1 is 1.15 bits per heavy atom. The number of carbonyl (C=O) groups is 1. The maximum Gasteiger partial charge on any atom is 0.243 e. The van der Waals surface area contributed by atoms with Crippen molar-refractivity contribution >= 4 is 15.9 Å². The fourth-order valence-electron chi connectivity index (χ4n) is 3.91. The summed E-state index contributed by atoms with van der Waals surface area (Å²) in [5.41, 5.74) is 2.05. The Kier molecular flexibility index (Phi) is 6.23. The fraction of sp³-hybridized carbons (Fsp3) is 0.650. The van der Waals surface area contributed by atoms with Crippen LogP contribution in [0.1, 0.15) is 37.3 Å². The summed E-state index contributed by atoms with van der Waals surface area (Å²) in [6, 6.07) is 5.48. The normalized spacial score (nSPS) is 25.3. The van der Waals surface area contributed by atoms with E-state index in [4.69, 9.17) is 0 Å². The first-order valence-electron chi connectivity index (χ1n) is 9.87. The molecule has 2 heterocycles. The van der Waals surface area contributed by atoms with Gasteiger partial charge in [-0.15, -0.1) is 0 Å². The predicted molar refractivity (Wildman–Crippen MR) is 106 cm³/mol. The molecule has 6 nitrogen and oxygen atoms in total. The third-order valence-electron chi connectivity index (χ3n) is 6.05. The molecule has 1 amide bonds. The summed E-state index contributed by atoms with van der Waals surface area (Å²) in [5, 5.41) is 6.53. The van der Waals surface area contributed by atoms with Gasteiger partial charge in [-0.05, 0) is 75.4 Å². The van der Waals surface area contributed by atoms with E-state index in [1.54, 1.807) is 12.1 Å². The number of hydrogen-bond acceptors (Lipinski definition) is 4. The van der Waals surface area contributed by atoms with Crippen molar-refractivity contribution < 1.29 is 13.2 Å². The number of nitrogens with zero attached hydrogens (tertiary/aromatic N) is 1. The first-order valence-corrected chi connectivity index (χ1v) is 11.3. The Balaban J connectivity index is 1.59. The van der Waals surface area contributed by atoms with Crippen molar-refractivity contribution in [1.82, 2.24) is 14.9 Å². The lowest BCUT2D eigenvalue weighted by Gasteiger charge is -2.34. The fourth-order valence-corrected chi connectivity index (χ4v) is 5.47. The van der Waals surface area contributed by atoms with E-state index in [1.165, 1.54) is 4.31 Å². The quantitative estimate of drug-likeness (QED) is 0.818. The Morgan fingerprint density at radius 3 is 2.48 bits per heavy atom. The van der Waals surface area contributed by atoms with Gasteiger partial charge < -0.3 is 10.6 Å². The summed E-state index contributed by atoms with van der Waals surface area (Å²) in [7, 11) is -3.49. The molecule has 2 fully saturated rings. The van der Waals surface area contributed by atoms with E-state index in [-0.39, 0.29) is 17.9 Å². The van der Waals surface area contributed by atoms with Crippen LogP contribution in [0.4, 0.5) is 0 Å². The minimum Gasteiger partial charge on any atom is -0.353 e. The topological polar surface area (TPSA) is 78.5 Å². The van der Waals surface area contributed by atoms with E-state index >= 15 is 0 Å². The molecule has 0 bridgehead atoms. The van der Waals surface area contributed by atoms with Crippen LogP contribution in [-0.2, 0) is 14.8 Å². The van der Waals surface area contributed by atoms with Crippen LogP contribution in [0.25, 0.3) is 0 Å². The summed E-state index contributed by atoms with van der Waals surface area (Å²) < 4.78 is 27.3. The van der Waals surface area contributed by atoms with E-state index in [9.17, 15) is 13.2 Å². The maximum absolute atomic E-state index is 12.9. The Bertz CT molecular complexity index is 786. The minimum absolute atomic E-state index is 0.0805. The number of hydrogen-bond donors (Lipinski definition) is 2. The first kappa shape index (κ1) is 20.3.